The zero-order valence-corrected chi connectivity index (χ0v) is 19.0. The maximum absolute atomic E-state index is 13.9. The predicted octanol–water partition coefficient (Wildman–Crippen LogP) is 2.92. The van der Waals surface area contributed by atoms with Gasteiger partial charge in [-0.1, -0.05) is 35.9 Å². The number of phenolic OH excluding ortho intramolecular Hbond substituents is 2. The Balaban J connectivity index is 1.48. The van der Waals surface area contributed by atoms with Crippen LogP contribution in [0.25, 0.3) is 0 Å². The zero-order chi connectivity index (χ0) is 24.5. The van der Waals surface area contributed by atoms with E-state index >= 15 is 0 Å². The van der Waals surface area contributed by atoms with E-state index in [2.05, 4.69) is 10.6 Å². The first kappa shape index (κ1) is 21.6. The quantitative estimate of drug-likeness (QED) is 0.332. The van der Waals surface area contributed by atoms with Gasteiger partial charge in [0.2, 0.25) is 17.7 Å². The van der Waals surface area contributed by atoms with E-state index in [0.29, 0.717) is 27.5 Å². The summed E-state index contributed by atoms with van der Waals surface area (Å²) in [6, 6.07) is 17.4. The van der Waals surface area contributed by atoms with Gasteiger partial charge in [-0.05, 0) is 54.4 Å². The van der Waals surface area contributed by atoms with E-state index < -0.39 is 35.2 Å². The number of benzene rings is 3. The Labute approximate surface area is 205 Å². The SMILES string of the molecule is O=C1[C@@H]2[C@H](Cc3ccc(O)c(O)c3)N[C@]3(C(=O)Nc4ccccc43)[C@@H]2C(=O)N1c1ccc(Cl)cc1. The van der Waals surface area contributed by atoms with E-state index in [1.54, 1.807) is 54.6 Å². The molecule has 2 saturated heterocycles. The topological polar surface area (TPSA) is 119 Å². The number of halogens is 1. The minimum atomic E-state index is -1.42. The van der Waals surface area contributed by atoms with Gasteiger partial charge >= 0.3 is 0 Å². The van der Waals surface area contributed by atoms with Crippen LogP contribution in [0.5, 0.6) is 11.5 Å². The van der Waals surface area contributed by atoms with E-state index in [4.69, 9.17) is 11.6 Å². The summed E-state index contributed by atoms with van der Waals surface area (Å²) >= 11 is 6.01. The van der Waals surface area contributed by atoms with Crippen LogP contribution in [0.1, 0.15) is 11.1 Å². The lowest BCUT2D eigenvalue weighted by Gasteiger charge is -2.29. The van der Waals surface area contributed by atoms with Gasteiger partial charge in [0.1, 0.15) is 5.54 Å². The maximum Gasteiger partial charge on any atom is 0.250 e. The highest BCUT2D eigenvalue weighted by Gasteiger charge is 2.70. The van der Waals surface area contributed by atoms with Gasteiger partial charge in [0, 0.05) is 22.3 Å². The van der Waals surface area contributed by atoms with Crippen LogP contribution in [-0.4, -0.2) is 34.0 Å². The Bertz CT molecular complexity index is 1410. The monoisotopic (exact) mass is 489 g/mol. The molecule has 4 atom stereocenters. The molecule has 9 heteroatoms. The third kappa shape index (κ3) is 3.00. The number of anilines is 2. The molecule has 3 aromatic rings. The number of nitrogens with one attached hydrogen (secondary N) is 2. The van der Waals surface area contributed by atoms with Gasteiger partial charge < -0.3 is 15.5 Å². The third-order valence-corrected chi connectivity index (χ3v) is 7.45. The van der Waals surface area contributed by atoms with Crippen molar-refractivity contribution in [3.63, 3.8) is 0 Å². The van der Waals surface area contributed by atoms with Crippen molar-refractivity contribution in [2.75, 3.05) is 10.2 Å². The number of hydrogen-bond donors (Lipinski definition) is 4. The van der Waals surface area contributed by atoms with Crippen molar-refractivity contribution in [1.82, 2.24) is 5.32 Å². The smallest absolute Gasteiger partial charge is 0.250 e. The average molecular weight is 490 g/mol. The van der Waals surface area contributed by atoms with Crippen LogP contribution in [0, 0.1) is 11.8 Å². The molecular formula is C26H20ClN3O5. The second-order valence-corrected chi connectivity index (χ2v) is 9.51. The molecule has 176 valence electrons. The van der Waals surface area contributed by atoms with Gasteiger partial charge in [0.15, 0.2) is 11.5 Å². The molecule has 0 saturated carbocycles. The number of para-hydroxylation sites is 1. The molecule has 0 bridgehead atoms. The summed E-state index contributed by atoms with van der Waals surface area (Å²) < 4.78 is 0. The van der Waals surface area contributed by atoms with E-state index in [-0.39, 0.29) is 23.8 Å². The molecule has 0 aromatic heterocycles. The van der Waals surface area contributed by atoms with Crippen LogP contribution >= 0.6 is 11.6 Å². The third-order valence-electron chi connectivity index (χ3n) is 7.20. The first-order chi connectivity index (χ1) is 16.8. The van der Waals surface area contributed by atoms with Crippen molar-refractivity contribution in [3.8, 4) is 11.5 Å². The summed E-state index contributed by atoms with van der Waals surface area (Å²) in [6.07, 6.45) is 0.250. The van der Waals surface area contributed by atoms with E-state index in [0.717, 1.165) is 4.90 Å². The van der Waals surface area contributed by atoms with Crippen LogP contribution in [0.15, 0.2) is 66.7 Å². The minimum Gasteiger partial charge on any atom is -0.504 e. The molecule has 4 N–H and O–H groups in total. The summed E-state index contributed by atoms with van der Waals surface area (Å²) in [6.45, 7) is 0. The molecule has 2 fully saturated rings. The zero-order valence-electron chi connectivity index (χ0n) is 18.2. The summed E-state index contributed by atoms with van der Waals surface area (Å²) in [7, 11) is 0. The Morgan fingerprint density at radius 3 is 2.40 bits per heavy atom. The molecule has 0 unspecified atom stereocenters. The van der Waals surface area contributed by atoms with Crippen molar-refractivity contribution >= 4 is 40.7 Å². The number of rotatable bonds is 3. The van der Waals surface area contributed by atoms with Gasteiger partial charge in [-0.25, -0.2) is 4.90 Å². The number of imide groups is 1. The van der Waals surface area contributed by atoms with Crippen LogP contribution in [0.2, 0.25) is 5.02 Å². The molecule has 1 spiro atoms. The highest BCUT2D eigenvalue weighted by molar-refractivity contribution is 6.31. The van der Waals surface area contributed by atoms with Crippen LogP contribution in [0.3, 0.4) is 0 Å². The van der Waals surface area contributed by atoms with Crippen LogP contribution < -0.4 is 15.5 Å². The van der Waals surface area contributed by atoms with Crippen molar-refractivity contribution in [1.29, 1.82) is 0 Å². The fourth-order valence-corrected chi connectivity index (χ4v) is 5.85. The summed E-state index contributed by atoms with van der Waals surface area (Å²) in [5.74, 6) is -3.59. The predicted molar refractivity (Wildman–Crippen MR) is 128 cm³/mol. The number of carbonyl (C=O) groups excluding carboxylic acids is 3. The summed E-state index contributed by atoms with van der Waals surface area (Å²) in [4.78, 5) is 42.3. The Morgan fingerprint density at radius 2 is 1.66 bits per heavy atom. The summed E-state index contributed by atoms with van der Waals surface area (Å²) in [5.41, 5.74) is 0.831. The second kappa shape index (κ2) is 7.56. The highest BCUT2D eigenvalue weighted by atomic mass is 35.5. The molecule has 3 aliphatic heterocycles. The minimum absolute atomic E-state index is 0.250. The lowest BCUT2D eigenvalue weighted by Crippen LogP contribution is -2.53. The number of fused-ring (bicyclic) bond motifs is 4. The number of aromatic hydroxyl groups is 2. The molecule has 35 heavy (non-hydrogen) atoms. The highest BCUT2D eigenvalue weighted by Crippen LogP contribution is 2.54. The first-order valence-corrected chi connectivity index (χ1v) is 11.5. The lowest BCUT2D eigenvalue weighted by atomic mass is 9.76. The molecule has 0 aliphatic carbocycles. The molecule has 6 rings (SSSR count). The average Bonchev–Trinajstić information content (AvgIpc) is 3.42. The molecule has 3 amide bonds. The second-order valence-electron chi connectivity index (χ2n) is 9.08. The molecular weight excluding hydrogens is 470 g/mol. The Kier molecular flexibility index (Phi) is 4.67. The lowest BCUT2D eigenvalue weighted by molar-refractivity contribution is -0.130. The van der Waals surface area contributed by atoms with Crippen molar-refractivity contribution in [3.05, 3.63) is 82.9 Å². The van der Waals surface area contributed by atoms with Crippen molar-refractivity contribution in [2.24, 2.45) is 11.8 Å². The maximum atomic E-state index is 13.9. The largest absolute Gasteiger partial charge is 0.504 e. The van der Waals surface area contributed by atoms with Gasteiger partial charge in [0.05, 0.1) is 17.5 Å². The van der Waals surface area contributed by atoms with Gasteiger partial charge in [-0.15, -0.1) is 0 Å². The number of nitrogens with zero attached hydrogens (tertiary/aromatic N) is 1. The van der Waals surface area contributed by atoms with E-state index in [9.17, 15) is 24.6 Å². The number of phenols is 2. The van der Waals surface area contributed by atoms with Gasteiger partial charge in [-0.2, -0.15) is 0 Å². The fourth-order valence-electron chi connectivity index (χ4n) is 5.73. The fraction of sp³-hybridized carbons (Fsp3) is 0.192. The van der Waals surface area contributed by atoms with E-state index in [1.165, 1.54) is 12.1 Å². The molecule has 3 aromatic carbocycles. The Hall–Kier alpha value is -3.88. The number of amides is 3. The molecule has 0 radical (unpaired) electrons. The molecule has 8 nitrogen and oxygen atoms in total. The first-order valence-electron chi connectivity index (χ1n) is 11.1. The molecule has 3 heterocycles. The van der Waals surface area contributed by atoms with Crippen LogP contribution in [0.4, 0.5) is 11.4 Å². The van der Waals surface area contributed by atoms with Gasteiger partial charge in [-0.3, -0.25) is 19.7 Å². The molecule has 3 aliphatic rings. The van der Waals surface area contributed by atoms with Crippen LogP contribution in [-0.2, 0) is 26.3 Å². The van der Waals surface area contributed by atoms with E-state index in [1.807, 2.05) is 0 Å². The van der Waals surface area contributed by atoms with Gasteiger partial charge in [0.25, 0.3) is 0 Å². The summed E-state index contributed by atoms with van der Waals surface area (Å²) in [5, 5.41) is 26.4. The normalized spacial score (nSPS) is 26.8. The Morgan fingerprint density at radius 1 is 0.914 bits per heavy atom. The number of hydrogen-bond acceptors (Lipinski definition) is 6. The standard InChI is InChI=1S/C26H20ClN3O5/c27-14-6-8-15(9-7-14)30-23(33)21-18(11-13-5-10-19(31)20(32)12-13)29-26(22(21)24(30)34)16-3-1-2-4-17(16)28-25(26)35/h1-10,12,18,21-22,29,31-32H,11H2,(H,28,35)/t18-,21+,22-,26-/m0/s1. The van der Waals surface area contributed by atoms with Crippen molar-refractivity contribution < 1.29 is 24.6 Å². The van der Waals surface area contributed by atoms with Crippen molar-refractivity contribution in [2.45, 2.75) is 18.0 Å². The number of carbonyl (C=O) groups is 3.